The Morgan fingerprint density at radius 1 is 1.00 bits per heavy atom. The second-order valence-corrected chi connectivity index (χ2v) is 7.75. The third-order valence-electron chi connectivity index (χ3n) is 5.89. The summed E-state index contributed by atoms with van der Waals surface area (Å²) in [6.07, 6.45) is 7.66. The zero-order valence-corrected chi connectivity index (χ0v) is 15.4. The summed E-state index contributed by atoms with van der Waals surface area (Å²) >= 11 is 0. The SMILES string of the molecule is O=C(C1CCC1)N1CCCN(c2nccc(N3CCCC(O)C3)n2)CC1. The van der Waals surface area contributed by atoms with Crippen LogP contribution in [0.15, 0.2) is 12.3 Å². The van der Waals surface area contributed by atoms with Crippen LogP contribution in [0.3, 0.4) is 0 Å². The molecule has 1 saturated carbocycles. The van der Waals surface area contributed by atoms with E-state index < -0.39 is 0 Å². The van der Waals surface area contributed by atoms with Crippen LogP contribution in [-0.4, -0.2) is 71.3 Å². The highest BCUT2D eigenvalue weighted by molar-refractivity contribution is 5.79. The Kier molecular flexibility index (Phi) is 5.24. The number of amides is 1. The van der Waals surface area contributed by atoms with Gasteiger partial charge in [0.05, 0.1) is 6.10 Å². The predicted octanol–water partition coefficient (Wildman–Crippen LogP) is 1.28. The Bertz CT molecular complexity index is 636. The van der Waals surface area contributed by atoms with Crippen molar-refractivity contribution < 1.29 is 9.90 Å². The average molecular weight is 359 g/mol. The molecule has 1 amide bonds. The second kappa shape index (κ2) is 7.78. The molecule has 142 valence electrons. The summed E-state index contributed by atoms with van der Waals surface area (Å²) in [4.78, 5) is 28.1. The number of anilines is 2. The lowest BCUT2D eigenvalue weighted by Gasteiger charge is -2.32. The van der Waals surface area contributed by atoms with Gasteiger partial charge in [-0.25, -0.2) is 4.98 Å². The summed E-state index contributed by atoms with van der Waals surface area (Å²) in [7, 11) is 0. The lowest BCUT2D eigenvalue weighted by Crippen LogP contribution is -2.41. The van der Waals surface area contributed by atoms with E-state index in [1.54, 1.807) is 6.20 Å². The fourth-order valence-corrected chi connectivity index (χ4v) is 4.08. The first kappa shape index (κ1) is 17.5. The maximum absolute atomic E-state index is 12.5. The molecule has 1 aromatic heterocycles. The lowest BCUT2D eigenvalue weighted by molar-refractivity contribution is -0.137. The Morgan fingerprint density at radius 3 is 2.62 bits per heavy atom. The zero-order valence-electron chi connectivity index (χ0n) is 15.4. The first-order valence-electron chi connectivity index (χ1n) is 10.0. The Morgan fingerprint density at radius 2 is 1.85 bits per heavy atom. The number of carbonyl (C=O) groups excluding carboxylic acids is 1. The van der Waals surface area contributed by atoms with Gasteiger partial charge in [-0.15, -0.1) is 0 Å². The van der Waals surface area contributed by atoms with Gasteiger partial charge in [0, 0.05) is 51.4 Å². The number of rotatable bonds is 3. The van der Waals surface area contributed by atoms with Crippen molar-refractivity contribution in [1.82, 2.24) is 14.9 Å². The molecule has 2 aliphatic heterocycles. The van der Waals surface area contributed by atoms with Gasteiger partial charge in [0.1, 0.15) is 5.82 Å². The molecule has 1 aliphatic carbocycles. The van der Waals surface area contributed by atoms with E-state index in [4.69, 9.17) is 4.98 Å². The highest BCUT2D eigenvalue weighted by atomic mass is 16.3. The molecular weight excluding hydrogens is 330 g/mol. The van der Waals surface area contributed by atoms with Gasteiger partial charge in [-0.1, -0.05) is 6.42 Å². The Balaban J connectivity index is 1.41. The van der Waals surface area contributed by atoms with E-state index in [9.17, 15) is 9.90 Å². The van der Waals surface area contributed by atoms with Crippen LogP contribution in [0.25, 0.3) is 0 Å². The maximum atomic E-state index is 12.5. The van der Waals surface area contributed by atoms with Gasteiger partial charge in [0.15, 0.2) is 0 Å². The quantitative estimate of drug-likeness (QED) is 0.876. The molecule has 3 fully saturated rings. The van der Waals surface area contributed by atoms with E-state index >= 15 is 0 Å². The fourth-order valence-electron chi connectivity index (χ4n) is 4.08. The maximum Gasteiger partial charge on any atom is 0.227 e. The number of hydrogen-bond acceptors (Lipinski definition) is 6. The Labute approximate surface area is 155 Å². The van der Waals surface area contributed by atoms with Gasteiger partial charge in [-0.2, -0.15) is 4.98 Å². The number of aliphatic hydroxyl groups is 1. The minimum Gasteiger partial charge on any atom is -0.391 e. The summed E-state index contributed by atoms with van der Waals surface area (Å²) in [5.41, 5.74) is 0. The van der Waals surface area contributed by atoms with Crippen molar-refractivity contribution in [3.05, 3.63) is 12.3 Å². The van der Waals surface area contributed by atoms with Gasteiger partial charge in [0.2, 0.25) is 11.9 Å². The molecule has 0 bridgehead atoms. The second-order valence-electron chi connectivity index (χ2n) is 7.75. The molecule has 4 rings (SSSR count). The first-order valence-corrected chi connectivity index (χ1v) is 10.0. The van der Waals surface area contributed by atoms with Crippen molar-refractivity contribution >= 4 is 17.7 Å². The molecular formula is C19H29N5O2. The molecule has 1 N–H and O–H groups in total. The number of piperidine rings is 1. The normalized spacial score (nSPS) is 25.0. The molecule has 1 atom stereocenters. The molecule has 0 aromatic carbocycles. The molecule has 0 radical (unpaired) electrons. The minimum absolute atomic E-state index is 0.270. The largest absolute Gasteiger partial charge is 0.391 e. The van der Waals surface area contributed by atoms with Crippen LogP contribution < -0.4 is 9.80 Å². The summed E-state index contributed by atoms with van der Waals surface area (Å²) in [6, 6.07) is 1.92. The van der Waals surface area contributed by atoms with Gasteiger partial charge in [0.25, 0.3) is 0 Å². The molecule has 1 aromatic rings. The first-order chi connectivity index (χ1) is 12.7. The molecule has 7 nitrogen and oxygen atoms in total. The van der Waals surface area contributed by atoms with E-state index in [0.29, 0.717) is 12.5 Å². The van der Waals surface area contributed by atoms with E-state index in [0.717, 1.165) is 76.6 Å². The van der Waals surface area contributed by atoms with Crippen molar-refractivity contribution in [2.75, 3.05) is 49.1 Å². The third kappa shape index (κ3) is 3.77. The standard InChI is InChI=1S/C19H29N5O2/c25-16-6-2-9-24(14-16)17-7-8-20-19(21-17)23-11-3-10-22(12-13-23)18(26)15-4-1-5-15/h7-8,15-16,25H,1-6,9-14H2. The molecule has 0 spiro atoms. The van der Waals surface area contributed by atoms with E-state index in [2.05, 4.69) is 14.8 Å². The monoisotopic (exact) mass is 359 g/mol. The Hall–Kier alpha value is -1.89. The van der Waals surface area contributed by atoms with E-state index in [1.807, 2.05) is 11.0 Å². The van der Waals surface area contributed by atoms with Gasteiger partial charge in [-0.3, -0.25) is 4.79 Å². The fraction of sp³-hybridized carbons (Fsp3) is 0.737. The number of aliphatic hydroxyl groups excluding tert-OH is 1. The van der Waals surface area contributed by atoms with Gasteiger partial charge < -0.3 is 19.8 Å². The predicted molar refractivity (Wildman–Crippen MR) is 100 cm³/mol. The number of nitrogens with zero attached hydrogens (tertiary/aromatic N) is 5. The minimum atomic E-state index is -0.272. The molecule has 1 unspecified atom stereocenters. The zero-order chi connectivity index (χ0) is 17.9. The van der Waals surface area contributed by atoms with Gasteiger partial charge in [-0.05, 0) is 38.2 Å². The van der Waals surface area contributed by atoms with Crippen LogP contribution in [0.5, 0.6) is 0 Å². The van der Waals surface area contributed by atoms with Crippen LogP contribution >= 0.6 is 0 Å². The summed E-state index contributed by atoms with van der Waals surface area (Å²) in [6.45, 7) is 4.82. The van der Waals surface area contributed by atoms with Crippen molar-refractivity contribution in [2.45, 2.75) is 44.6 Å². The topological polar surface area (TPSA) is 72.8 Å². The third-order valence-corrected chi connectivity index (χ3v) is 5.89. The summed E-state index contributed by atoms with van der Waals surface area (Å²) in [5, 5.41) is 9.91. The van der Waals surface area contributed by atoms with Crippen molar-refractivity contribution in [3.8, 4) is 0 Å². The summed E-state index contributed by atoms with van der Waals surface area (Å²) < 4.78 is 0. The van der Waals surface area contributed by atoms with Crippen LogP contribution in [0.4, 0.5) is 11.8 Å². The van der Waals surface area contributed by atoms with Crippen LogP contribution in [0.2, 0.25) is 0 Å². The van der Waals surface area contributed by atoms with Crippen molar-refractivity contribution in [2.24, 2.45) is 5.92 Å². The van der Waals surface area contributed by atoms with E-state index in [-0.39, 0.29) is 12.0 Å². The van der Waals surface area contributed by atoms with Crippen molar-refractivity contribution in [1.29, 1.82) is 0 Å². The number of aromatic nitrogens is 2. The molecule has 26 heavy (non-hydrogen) atoms. The van der Waals surface area contributed by atoms with Gasteiger partial charge >= 0.3 is 0 Å². The molecule has 7 heteroatoms. The smallest absolute Gasteiger partial charge is 0.227 e. The van der Waals surface area contributed by atoms with Crippen LogP contribution in [-0.2, 0) is 4.79 Å². The number of hydrogen-bond donors (Lipinski definition) is 1. The van der Waals surface area contributed by atoms with E-state index in [1.165, 1.54) is 6.42 Å². The number of carbonyl (C=O) groups is 1. The van der Waals surface area contributed by atoms with Crippen LogP contribution in [0, 0.1) is 5.92 Å². The highest BCUT2D eigenvalue weighted by Gasteiger charge is 2.30. The molecule has 2 saturated heterocycles. The van der Waals surface area contributed by atoms with Crippen molar-refractivity contribution in [3.63, 3.8) is 0 Å². The van der Waals surface area contributed by atoms with Crippen LogP contribution in [0.1, 0.15) is 38.5 Å². The summed E-state index contributed by atoms with van der Waals surface area (Å²) in [5.74, 6) is 2.24. The highest BCUT2D eigenvalue weighted by Crippen LogP contribution is 2.29. The average Bonchev–Trinajstić information content (AvgIpc) is 2.86. The molecule has 3 aliphatic rings. The number of β-amino-alcohol motifs (C(OH)–C–C–N with tert-alkyl or cyclic N) is 1. The molecule has 3 heterocycles. The lowest BCUT2D eigenvalue weighted by atomic mass is 9.84.